The third-order valence-electron chi connectivity index (χ3n) is 2.99. The van der Waals surface area contributed by atoms with Crippen LogP contribution < -0.4 is 5.73 Å². The maximum Gasteiger partial charge on any atom is 0.490 e. The Kier molecular flexibility index (Phi) is 5.81. The number of carbonyl (C=O) groups is 1. The van der Waals surface area contributed by atoms with Crippen LogP contribution in [0.2, 0.25) is 0 Å². The molecule has 0 amide bonds. The Morgan fingerprint density at radius 2 is 2.04 bits per heavy atom. The maximum absolute atomic E-state index is 10.6. The zero-order valence-corrected chi connectivity index (χ0v) is 15.7. The Bertz CT molecular complexity index is 940. The lowest BCUT2D eigenvalue weighted by molar-refractivity contribution is -0.192. The van der Waals surface area contributed by atoms with Crippen molar-refractivity contribution in [1.29, 1.82) is 0 Å². The molecular weight excluding hydrogens is 441 g/mol. The number of hydrogen-bond donors (Lipinski definition) is 2. The lowest BCUT2D eigenvalue weighted by atomic mass is 10.2. The maximum atomic E-state index is 10.6. The molecule has 0 bridgehead atoms. The van der Waals surface area contributed by atoms with Crippen LogP contribution in [0.15, 0.2) is 17.0 Å². The van der Waals surface area contributed by atoms with E-state index in [9.17, 15) is 13.2 Å². The number of aromatic nitrogens is 5. The van der Waals surface area contributed by atoms with Gasteiger partial charge in [-0.2, -0.15) is 22.6 Å². The van der Waals surface area contributed by atoms with Gasteiger partial charge in [0.15, 0.2) is 5.01 Å². The number of pyridine rings is 1. The van der Waals surface area contributed by atoms with Gasteiger partial charge < -0.3 is 10.8 Å². The van der Waals surface area contributed by atoms with Gasteiger partial charge in [-0.05, 0) is 47.4 Å². The number of carboxylic acid groups (broad SMARTS) is 1. The van der Waals surface area contributed by atoms with Crippen LogP contribution in [0.25, 0.3) is 21.6 Å². The highest BCUT2D eigenvalue weighted by atomic mass is 79.9. The first-order valence-electron chi connectivity index (χ1n) is 6.94. The highest BCUT2D eigenvalue weighted by Crippen LogP contribution is 2.33. The van der Waals surface area contributed by atoms with Crippen molar-refractivity contribution in [2.75, 3.05) is 5.73 Å². The number of rotatable bonds is 2. The van der Waals surface area contributed by atoms with Crippen molar-refractivity contribution in [2.24, 2.45) is 0 Å². The lowest BCUT2D eigenvalue weighted by Crippen LogP contribution is -2.21. The number of halogens is 4. The summed E-state index contributed by atoms with van der Waals surface area (Å²) >= 11 is 4.54. The molecule has 3 heterocycles. The minimum absolute atomic E-state index is 0.231. The summed E-state index contributed by atoms with van der Waals surface area (Å²) in [5.74, 6) is -2.29. The van der Waals surface area contributed by atoms with Gasteiger partial charge >= 0.3 is 12.1 Å². The molecular formula is C13H12BrF3N6O2S. The van der Waals surface area contributed by atoms with Gasteiger partial charge in [0.1, 0.15) is 11.5 Å². The largest absolute Gasteiger partial charge is 0.490 e. The average Bonchev–Trinajstić information content (AvgIpc) is 3.11. The summed E-state index contributed by atoms with van der Waals surface area (Å²) in [5, 5.41) is 13.3. The Morgan fingerprint density at radius 3 is 2.50 bits per heavy atom. The topological polar surface area (TPSA) is 120 Å². The van der Waals surface area contributed by atoms with Crippen molar-refractivity contribution in [1.82, 2.24) is 24.1 Å². The van der Waals surface area contributed by atoms with Crippen LogP contribution in [0.3, 0.4) is 0 Å². The molecule has 0 aromatic carbocycles. The molecule has 0 aliphatic heterocycles. The van der Waals surface area contributed by atoms with Crippen molar-refractivity contribution in [3.63, 3.8) is 0 Å². The monoisotopic (exact) mass is 452 g/mol. The van der Waals surface area contributed by atoms with Crippen molar-refractivity contribution >= 4 is 50.2 Å². The molecule has 0 fully saturated rings. The van der Waals surface area contributed by atoms with Gasteiger partial charge in [0.05, 0.1) is 10.9 Å². The molecule has 0 saturated carbocycles. The van der Waals surface area contributed by atoms with E-state index in [1.54, 1.807) is 6.20 Å². The summed E-state index contributed by atoms with van der Waals surface area (Å²) in [6.07, 6.45) is -3.39. The molecule has 13 heteroatoms. The Labute approximate surface area is 157 Å². The van der Waals surface area contributed by atoms with E-state index in [-0.39, 0.29) is 6.04 Å². The van der Waals surface area contributed by atoms with Crippen LogP contribution >= 0.6 is 27.5 Å². The zero-order chi connectivity index (χ0) is 19.6. The summed E-state index contributed by atoms with van der Waals surface area (Å²) in [5.41, 5.74) is 7.69. The summed E-state index contributed by atoms with van der Waals surface area (Å²) in [6, 6.07) is 2.15. The first-order valence-corrected chi connectivity index (χ1v) is 8.51. The third-order valence-corrected chi connectivity index (χ3v) is 4.30. The van der Waals surface area contributed by atoms with Crippen molar-refractivity contribution in [2.45, 2.75) is 26.1 Å². The normalized spacial score (nSPS) is 11.5. The van der Waals surface area contributed by atoms with Crippen LogP contribution in [-0.4, -0.2) is 41.4 Å². The minimum atomic E-state index is -5.08. The number of alkyl halides is 3. The van der Waals surface area contributed by atoms with Crippen LogP contribution in [0.1, 0.15) is 19.9 Å². The van der Waals surface area contributed by atoms with Gasteiger partial charge in [0, 0.05) is 12.2 Å². The number of nitrogen functional groups attached to an aromatic ring is 1. The first kappa shape index (κ1) is 20.0. The van der Waals surface area contributed by atoms with Gasteiger partial charge in [-0.3, -0.25) is 4.68 Å². The fourth-order valence-electron chi connectivity index (χ4n) is 1.96. The number of carboxylic acids is 1. The zero-order valence-electron chi connectivity index (χ0n) is 13.3. The van der Waals surface area contributed by atoms with Crippen LogP contribution in [0.5, 0.6) is 0 Å². The minimum Gasteiger partial charge on any atom is -0.475 e. The number of nitrogens with two attached hydrogens (primary N) is 1. The van der Waals surface area contributed by atoms with E-state index in [0.29, 0.717) is 10.6 Å². The summed E-state index contributed by atoms with van der Waals surface area (Å²) in [4.78, 5) is 17.3. The predicted octanol–water partition coefficient (Wildman–Crippen LogP) is 3.51. The highest BCUT2D eigenvalue weighted by Gasteiger charge is 2.38. The quantitative estimate of drug-likeness (QED) is 0.610. The van der Waals surface area contributed by atoms with E-state index in [1.807, 2.05) is 10.7 Å². The van der Waals surface area contributed by atoms with Gasteiger partial charge in [-0.1, -0.05) is 0 Å². The predicted molar refractivity (Wildman–Crippen MR) is 92.6 cm³/mol. The standard InChI is InChI=1S/C11H11BrN6S.C2HF3O2/c1-5(2)18-6-3-4-14-9(13)7(6)8(16-18)10-15-11(12)17-19-10;3-2(4,5)1(6)7/h3-5H,1-2H3,(H2,13,14);(H,6,7). The molecule has 140 valence electrons. The van der Waals surface area contributed by atoms with Crippen molar-refractivity contribution in [3.8, 4) is 10.7 Å². The van der Waals surface area contributed by atoms with Crippen LogP contribution in [-0.2, 0) is 4.79 Å². The molecule has 0 aliphatic carbocycles. The van der Waals surface area contributed by atoms with Crippen molar-refractivity contribution in [3.05, 3.63) is 17.0 Å². The molecule has 8 nitrogen and oxygen atoms in total. The second-order valence-electron chi connectivity index (χ2n) is 5.15. The average molecular weight is 453 g/mol. The summed E-state index contributed by atoms with van der Waals surface area (Å²) in [7, 11) is 0. The molecule has 0 unspecified atom stereocenters. The van der Waals surface area contributed by atoms with Crippen LogP contribution in [0, 0.1) is 0 Å². The molecule has 0 aliphatic rings. The number of anilines is 1. The lowest BCUT2D eigenvalue weighted by Gasteiger charge is -2.06. The number of hydrogen-bond acceptors (Lipinski definition) is 7. The molecule has 3 rings (SSSR count). The fourth-order valence-corrected chi connectivity index (χ4v) is 3.03. The molecule has 26 heavy (non-hydrogen) atoms. The van der Waals surface area contributed by atoms with E-state index < -0.39 is 12.1 Å². The van der Waals surface area contributed by atoms with Gasteiger partial charge in [-0.15, -0.1) is 0 Å². The smallest absolute Gasteiger partial charge is 0.475 e. The summed E-state index contributed by atoms with van der Waals surface area (Å²) < 4.78 is 38.3. The Morgan fingerprint density at radius 1 is 1.42 bits per heavy atom. The Hall–Kier alpha value is -2.28. The molecule has 0 saturated heterocycles. The second kappa shape index (κ2) is 7.53. The third kappa shape index (κ3) is 4.27. The number of aliphatic carboxylic acids is 1. The number of nitrogens with zero attached hydrogens (tertiary/aromatic N) is 5. The van der Waals surface area contributed by atoms with E-state index in [2.05, 4.69) is 49.2 Å². The van der Waals surface area contributed by atoms with Crippen molar-refractivity contribution < 1.29 is 23.1 Å². The summed E-state index contributed by atoms with van der Waals surface area (Å²) in [6.45, 7) is 4.14. The highest BCUT2D eigenvalue weighted by molar-refractivity contribution is 9.10. The van der Waals surface area contributed by atoms with Gasteiger partial charge in [-0.25, -0.2) is 14.8 Å². The van der Waals surface area contributed by atoms with E-state index in [4.69, 9.17) is 15.6 Å². The molecule has 0 spiro atoms. The first-order chi connectivity index (χ1) is 12.0. The molecule has 3 aromatic heterocycles. The second-order valence-corrected chi connectivity index (χ2v) is 6.61. The van der Waals surface area contributed by atoms with E-state index >= 15 is 0 Å². The molecule has 0 atom stereocenters. The molecule has 3 aromatic rings. The van der Waals surface area contributed by atoms with E-state index in [1.165, 1.54) is 11.5 Å². The number of fused-ring (bicyclic) bond motifs is 1. The molecule has 3 N–H and O–H groups in total. The van der Waals surface area contributed by atoms with Gasteiger partial charge in [0.25, 0.3) is 0 Å². The van der Waals surface area contributed by atoms with Crippen LogP contribution in [0.4, 0.5) is 19.0 Å². The fraction of sp³-hybridized carbons (Fsp3) is 0.308. The van der Waals surface area contributed by atoms with E-state index in [0.717, 1.165) is 21.6 Å². The SMILES string of the molecule is CC(C)n1nc(-c2nc(Br)ns2)c2c(N)nccc21.O=C(O)C(F)(F)F. The molecule has 0 radical (unpaired) electrons. The Balaban J connectivity index is 0.000000298. The van der Waals surface area contributed by atoms with Gasteiger partial charge in [0.2, 0.25) is 4.73 Å².